The Morgan fingerprint density at radius 2 is 2.05 bits per heavy atom. The average Bonchev–Trinajstić information content (AvgIpc) is 2.54. The summed E-state index contributed by atoms with van der Waals surface area (Å²) in [4.78, 5) is 12.3. The van der Waals surface area contributed by atoms with E-state index in [4.69, 9.17) is 0 Å². The normalized spacial score (nSPS) is 18.9. The van der Waals surface area contributed by atoms with E-state index in [1.165, 1.54) is 0 Å². The van der Waals surface area contributed by atoms with Gasteiger partial charge < -0.3 is 10.6 Å². The van der Waals surface area contributed by atoms with E-state index in [2.05, 4.69) is 15.4 Å². The third kappa shape index (κ3) is 4.53. The van der Waals surface area contributed by atoms with Crippen molar-refractivity contribution in [1.82, 2.24) is 15.4 Å². The van der Waals surface area contributed by atoms with Crippen LogP contribution in [0.2, 0.25) is 0 Å². The van der Waals surface area contributed by atoms with E-state index in [0.29, 0.717) is 13.1 Å². The van der Waals surface area contributed by atoms with Crippen LogP contribution in [0.3, 0.4) is 0 Å². The number of carbonyl (C=O) groups excluding carboxylic acids is 1. The summed E-state index contributed by atoms with van der Waals surface area (Å²) in [6, 6.07) is 6.57. The van der Waals surface area contributed by atoms with Gasteiger partial charge >= 0.3 is 0 Å². The fraction of sp³-hybridized carbons (Fsp3) is 0.533. The zero-order chi connectivity index (χ0) is 16.0. The summed E-state index contributed by atoms with van der Waals surface area (Å²) in [5, 5.41) is 6.12. The maximum Gasteiger partial charge on any atom is 0.240 e. The van der Waals surface area contributed by atoms with E-state index in [-0.39, 0.29) is 16.7 Å². The van der Waals surface area contributed by atoms with Gasteiger partial charge in [-0.1, -0.05) is 19.1 Å². The Hall–Kier alpha value is -1.44. The van der Waals surface area contributed by atoms with E-state index in [9.17, 15) is 13.2 Å². The number of carbonyl (C=O) groups is 1. The lowest BCUT2D eigenvalue weighted by Gasteiger charge is -2.21. The number of nitrogens with one attached hydrogen (secondary N) is 3. The topological polar surface area (TPSA) is 87.3 Å². The van der Waals surface area contributed by atoms with Gasteiger partial charge in [0.1, 0.15) is 0 Å². The van der Waals surface area contributed by atoms with Gasteiger partial charge in [-0.15, -0.1) is 0 Å². The number of rotatable bonds is 6. The lowest BCUT2D eigenvalue weighted by molar-refractivity contribution is -0.125. The molecule has 1 aliphatic rings. The molecule has 0 saturated carbocycles. The second kappa shape index (κ2) is 7.71. The third-order valence-corrected chi connectivity index (χ3v) is 5.26. The largest absolute Gasteiger partial charge is 0.352 e. The van der Waals surface area contributed by atoms with E-state index in [1.54, 1.807) is 31.2 Å². The van der Waals surface area contributed by atoms with E-state index in [0.717, 1.165) is 31.5 Å². The van der Waals surface area contributed by atoms with Crippen molar-refractivity contribution in [3.63, 3.8) is 0 Å². The standard InChI is InChI=1S/C15H23N3O3S/c1-2-18-22(20,21)14-7-5-12(6-8-14)10-17-15(19)13-4-3-9-16-11-13/h5-8,13,16,18H,2-4,9-11H2,1H3,(H,17,19). The van der Waals surface area contributed by atoms with Crippen LogP contribution in [0.25, 0.3) is 0 Å². The first-order chi connectivity index (χ1) is 10.5. The predicted octanol–water partition coefficient (Wildman–Crippen LogP) is 0.601. The van der Waals surface area contributed by atoms with Crippen LogP contribution in [-0.2, 0) is 21.4 Å². The van der Waals surface area contributed by atoms with Crippen molar-refractivity contribution in [2.45, 2.75) is 31.2 Å². The first kappa shape index (κ1) is 16.9. The summed E-state index contributed by atoms with van der Waals surface area (Å²) in [6.45, 7) is 4.21. The van der Waals surface area contributed by atoms with Crippen LogP contribution in [0.1, 0.15) is 25.3 Å². The zero-order valence-corrected chi connectivity index (χ0v) is 13.6. The SMILES string of the molecule is CCNS(=O)(=O)c1ccc(CNC(=O)C2CCCNC2)cc1. The smallest absolute Gasteiger partial charge is 0.240 e. The maximum absolute atomic E-state index is 12.0. The number of hydrogen-bond donors (Lipinski definition) is 3. The summed E-state index contributed by atoms with van der Waals surface area (Å²) in [5.74, 6) is 0.0821. The molecule has 2 rings (SSSR count). The molecule has 1 heterocycles. The lowest BCUT2D eigenvalue weighted by atomic mass is 9.99. The second-order valence-corrected chi connectivity index (χ2v) is 7.17. The van der Waals surface area contributed by atoms with Crippen molar-refractivity contribution in [3.05, 3.63) is 29.8 Å². The first-order valence-electron chi connectivity index (χ1n) is 7.60. The van der Waals surface area contributed by atoms with E-state index >= 15 is 0 Å². The molecule has 1 aromatic rings. The Morgan fingerprint density at radius 3 is 2.64 bits per heavy atom. The highest BCUT2D eigenvalue weighted by Gasteiger charge is 2.20. The number of sulfonamides is 1. The molecule has 22 heavy (non-hydrogen) atoms. The molecular formula is C15H23N3O3S. The highest BCUT2D eigenvalue weighted by atomic mass is 32.2. The first-order valence-corrected chi connectivity index (χ1v) is 9.08. The minimum atomic E-state index is -3.42. The molecule has 1 aliphatic heterocycles. The van der Waals surface area contributed by atoms with Gasteiger partial charge in [-0.25, -0.2) is 13.1 Å². The molecular weight excluding hydrogens is 302 g/mol. The van der Waals surface area contributed by atoms with Crippen molar-refractivity contribution < 1.29 is 13.2 Å². The van der Waals surface area contributed by atoms with E-state index in [1.807, 2.05) is 0 Å². The highest BCUT2D eigenvalue weighted by molar-refractivity contribution is 7.89. The van der Waals surface area contributed by atoms with Gasteiger partial charge in [0.15, 0.2) is 0 Å². The molecule has 0 bridgehead atoms. The molecule has 1 fully saturated rings. The Kier molecular flexibility index (Phi) is 5.93. The Balaban J connectivity index is 1.90. The summed E-state index contributed by atoms with van der Waals surface area (Å²) >= 11 is 0. The molecule has 3 N–H and O–H groups in total. The molecule has 7 heteroatoms. The van der Waals surface area contributed by atoms with Crippen molar-refractivity contribution in [2.24, 2.45) is 5.92 Å². The molecule has 0 aliphatic carbocycles. The van der Waals surface area contributed by atoms with Crippen LogP contribution in [-0.4, -0.2) is 34.0 Å². The molecule has 0 radical (unpaired) electrons. The molecule has 0 aromatic heterocycles. The van der Waals surface area contributed by atoms with Crippen LogP contribution >= 0.6 is 0 Å². The van der Waals surface area contributed by atoms with Gasteiger partial charge in [0.05, 0.1) is 10.8 Å². The van der Waals surface area contributed by atoms with E-state index < -0.39 is 10.0 Å². The number of hydrogen-bond acceptors (Lipinski definition) is 4. The minimum Gasteiger partial charge on any atom is -0.352 e. The molecule has 6 nitrogen and oxygen atoms in total. The summed E-state index contributed by atoms with van der Waals surface area (Å²) in [6.07, 6.45) is 1.94. The monoisotopic (exact) mass is 325 g/mol. The van der Waals surface area contributed by atoms with Gasteiger partial charge in [-0.3, -0.25) is 4.79 Å². The number of benzene rings is 1. The molecule has 1 aromatic carbocycles. The van der Waals surface area contributed by atoms with Crippen molar-refractivity contribution in [3.8, 4) is 0 Å². The molecule has 0 spiro atoms. The average molecular weight is 325 g/mol. The Labute approximate surface area is 131 Å². The molecule has 122 valence electrons. The third-order valence-electron chi connectivity index (χ3n) is 3.70. The van der Waals surface area contributed by atoms with Crippen LogP contribution in [0.15, 0.2) is 29.2 Å². The highest BCUT2D eigenvalue weighted by Crippen LogP contribution is 2.12. The number of amides is 1. The Bertz CT molecular complexity index is 593. The van der Waals surface area contributed by atoms with Gasteiger partial charge in [-0.05, 0) is 37.1 Å². The Morgan fingerprint density at radius 1 is 1.32 bits per heavy atom. The predicted molar refractivity (Wildman–Crippen MR) is 84.7 cm³/mol. The minimum absolute atomic E-state index is 0.0298. The van der Waals surface area contributed by atoms with Crippen LogP contribution in [0, 0.1) is 5.92 Å². The molecule has 1 saturated heterocycles. The quantitative estimate of drug-likeness (QED) is 0.715. The molecule has 1 amide bonds. The number of piperidine rings is 1. The second-order valence-electron chi connectivity index (χ2n) is 5.41. The van der Waals surface area contributed by atoms with Crippen LogP contribution < -0.4 is 15.4 Å². The van der Waals surface area contributed by atoms with Crippen LogP contribution in [0.4, 0.5) is 0 Å². The summed E-state index contributed by atoms with van der Waals surface area (Å²) < 4.78 is 26.1. The van der Waals surface area contributed by atoms with Gasteiger partial charge in [0.25, 0.3) is 0 Å². The van der Waals surface area contributed by atoms with Gasteiger partial charge in [0.2, 0.25) is 15.9 Å². The maximum atomic E-state index is 12.0. The zero-order valence-electron chi connectivity index (χ0n) is 12.8. The summed E-state index contributed by atoms with van der Waals surface area (Å²) in [7, 11) is -3.42. The molecule has 1 atom stereocenters. The van der Waals surface area contributed by atoms with Crippen molar-refractivity contribution in [2.75, 3.05) is 19.6 Å². The van der Waals surface area contributed by atoms with Gasteiger partial charge in [-0.2, -0.15) is 0 Å². The summed E-state index contributed by atoms with van der Waals surface area (Å²) in [5.41, 5.74) is 0.882. The van der Waals surface area contributed by atoms with Crippen LogP contribution in [0.5, 0.6) is 0 Å². The molecule has 1 unspecified atom stereocenters. The van der Waals surface area contributed by atoms with Gasteiger partial charge in [0, 0.05) is 19.6 Å². The van der Waals surface area contributed by atoms with Crippen molar-refractivity contribution >= 4 is 15.9 Å². The fourth-order valence-corrected chi connectivity index (χ4v) is 3.51. The lowest BCUT2D eigenvalue weighted by Crippen LogP contribution is -2.40. The van der Waals surface area contributed by atoms with Crippen molar-refractivity contribution in [1.29, 1.82) is 0 Å². The fourth-order valence-electron chi connectivity index (χ4n) is 2.47.